The number of rotatable bonds is 3. The number of ether oxygens (including phenoxy) is 1. The lowest BCUT2D eigenvalue weighted by Gasteiger charge is -2.58. The number of hydrogen-bond donors (Lipinski definition) is 0. The van der Waals surface area contributed by atoms with Gasteiger partial charge in [0.15, 0.2) is 0 Å². The van der Waals surface area contributed by atoms with Crippen molar-refractivity contribution in [3.8, 4) is 0 Å². The Bertz CT molecular complexity index is 293. The smallest absolute Gasteiger partial charge is 0.316 e. The summed E-state index contributed by atoms with van der Waals surface area (Å²) in [6.07, 6.45) is 2.32. The fraction of sp³-hybridized carbons (Fsp3) is 0.917. The van der Waals surface area contributed by atoms with Crippen LogP contribution in [0.15, 0.2) is 0 Å². The minimum atomic E-state index is -0.315. The van der Waals surface area contributed by atoms with E-state index < -0.39 is 0 Å². The van der Waals surface area contributed by atoms with Crippen molar-refractivity contribution >= 4 is 17.0 Å². The summed E-state index contributed by atoms with van der Waals surface area (Å²) in [5, 5.41) is -0.315. The van der Waals surface area contributed by atoms with Crippen LogP contribution in [0.2, 0.25) is 0 Å². The zero-order chi connectivity index (χ0) is 11.9. The third kappa shape index (κ3) is 1.65. The van der Waals surface area contributed by atoms with Crippen molar-refractivity contribution in [3.63, 3.8) is 0 Å². The zero-order valence-corrected chi connectivity index (χ0v) is 11.0. The number of fused-ring (bicyclic) bond motifs is 1. The average Bonchev–Trinajstić information content (AvgIpc) is 2.63. The summed E-state index contributed by atoms with van der Waals surface area (Å²) in [5.74, 6) is 0.490. The van der Waals surface area contributed by atoms with Crippen molar-refractivity contribution < 1.29 is 9.53 Å². The molecule has 0 radical (unpaired) electrons. The maximum atomic E-state index is 11.5. The van der Waals surface area contributed by atoms with Gasteiger partial charge in [-0.3, -0.25) is 4.79 Å². The van der Waals surface area contributed by atoms with Crippen LogP contribution in [-0.4, -0.2) is 35.6 Å². The van der Waals surface area contributed by atoms with Gasteiger partial charge in [0.2, 0.25) is 0 Å². The van der Waals surface area contributed by atoms with Gasteiger partial charge in [0.05, 0.1) is 6.10 Å². The molecule has 16 heavy (non-hydrogen) atoms. The van der Waals surface area contributed by atoms with Crippen molar-refractivity contribution in [3.05, 3.63) is 0 Å². The lowest BCUT2D eigenvalue weighted by Crippen LogP contribution is -2.67. The Balaban J connectivity index is 2.15. The first-order valence-electron chi connectivity index (χ1n) is 6.07. The first kappa shape index (κ1) is 12.2. The highest BCUT2D eigenvalue weighted by atomic mass is 35.5. The quantitative estimate of drug-likeness (QED) is 0.565. The van der Waals surface area contributed by atoms with E-state index in [2.05, 4.69) is 20.8 Å². The molecule has 0 bridgehead atoms. The fourth-order valence-corrected chi connectivity index (χ4v) is 3.70. The van der Waals surface area contributed by atoms with Crippen LogP contribution in [0.3, 0.4) is 0 Å². The number of halogens is 1. The number of amides is 1. The first-order chi connectivity index (χ1) is 7.50. The Morgan fingerprint density at radius 1 is 1.56 bits per heavy atom. The molecule has 1 aliphatic heterocycles. The molecule has 3 nitrogen and oxygen atoms in total. The van der Waals surface area contributed by atoms with E-state index in [-0.39, 0.29) is 16.8 Å². The van der Waals surface area contributed by atoms with Crippen molar-refractivity contribution in [2.45, 2.75) is 45.8 Å². The molecule has 1 aliphatic carbocycles. The van der Waals surface area contributed by atoms with Crippen molar-refractivity contribution in [2.24, 2.45) is 11.3 Å². The van der Waals surface area contributed by atoms with Gasteiger partial charge in [0.25, 0.3) is 0 Å². The third-order valence-corrected chi connectivity index (χ3v) is 4.28. The molecule has 1 saturated carbocycles. The molecule has 0 N–H and O–H groups in total. The van der Waals surface area contributed by atoms with Crippen LogP contribution in [0.4, 0.5) is 4.79 Å². The lowest BCUT2D eigenvalue weighted by atomic mass is 9.57. The molecular formula is C12H20ClNO2. The molecule has 2 rings (SSSR count). The van der Waals surface area contributed by atoms with E-state index in [1.165, 1.54) is 0 Å². The molecule has 0 spiro atoms. The predicted octanol–water partition coefficient (Wildman–Crippen LogP) is 2.87. The largest absolute Gasteiger partial charge is 0.377 e. The summed E-state index contributed by atoms with van der Waals surface area (Å²) in [6, 6.07) is 0.255. The SMILES string of the molecule is CCCN(C(=O)Cl)C1C2CCOC2C1(C)C. The maximum absolute atomic E-state index is 11.5. The molecule has 3 unspecified atom stereocenters. The Morgan fingerprint density at radius 3 is 2.81 bits per heavy atom. The number of nitrogens with zero attached hydrogens (tertiary/aromatic N) is 1. The molecule has 0 aromatic heterocycles. The van der Waals surface area contributed by atoms with Gasteiger partial charge in [-0.1, -0.05) is 20.8 Å². The molecule has 1 amide bonds. The molecule has 4 heteroatoms. The summed E-state index contributed by atoms with van der Waals surface area (Å²) in [6.45, 7) is 7.99. The molecule has 2 aliphatic rings. The van der Waals surface area contributed by atoms with Crippen LogP contribution in [0, 0.1) is 11.3 Å². The highest BCUT2D eigenvalue weighted by Gasteiger charge is 2.61. The van der Waals surface area contributed by atoms with E-state index in [4.69, 9.17) is 16.3 Å². The average molecular weight is 246 g/mol. The minimum absolute atomic E-state index is 0.0425. The molecule has 0 aromatic carbocycles. The van der Waals surface area contributed by atoms with E-state index in [0.29, 0.717) is 12.0 Å². The van der Waals surface area contributed by atoms with Crippen molar-refractivity contribution in [2.75, 3.05) is 13.2 Å². The van der Waals surface area contributed by atoms with Crippen molar-refractivity contribution in [1.29, 1.82) is 0 Å². The fourth-order valence-electron chi connectivity index (χ4n) is 3.51. The highest BCUT2D eigenvalue weighted by molar-refractivity contribution is 6.62. The second kappa shape index (κ2) is 4.19. The first-order valence-corrected chi connectivity index (χ1v) is 6.45. The molecule has 0 aromatic rings. The monoisotopic (exact) mass is 245 g/mol. The van der Waals surface area contributed by atoms with Crippen LogP contribution < -0.4 is 0 Å². The van der Waals surface area contributed by atoms with E-state index in [1.54, 1.807) is 0 Å². The minimum Gasteiger partial charge on any atom is -0.377 e. The highest BCUT2D eigenvalue weighted by Crippen LogP contribution is 2.54. The van der Waals surface area contributed by atoms with Gasteiger partial charge in [-0.15, -0.1) is 0 Å². The van der Waals surface area contributed by atoms with Crippen LogP contribution >= 0.6 is 11.6 Å². The molecule has 92 valence electrons. The maximum Gasteiger partial charge on any atom is 0.316 e. The zero-order valence-electron chi connectivity index (χ0n) is 10.2. The molecule has 3 atom stereocenters. The van der Waals surface area contributed by atoms with Crippen LogP contribution in [0.5, 0.6) is 0 Å². The van der Waals surface area contributed by atoms with Gasteiger partial charge >= 0.3 is 5.37 Å². The summed E-state index contributed by atoms with van der Waals surface area (Å²) in [5.41, 5.74) is 0.0425. The summed E-state index contributed by atoms with van der Waals surface area (Å²) < 4.78 is 5.72. The topological polar surface area (TPSA) is 29.5 Å². The van der Waals surface area contributed by atoms with E-state index >= 15 is 0 Å². The van der Waals surface area contributed by atoms with E-state index in [9.17, 15) is 4.79 Å². The van der Waals surface area contributed by atoms with Gasteiger partial charge in [0.1, 0.15) is 0 Å². The van der Waals surface area contributed by atoms with Crippen LogP contribution in [-0.2, 0) is 4.74 Å². The summed E-state index contributed by atoms with van der Waals surface area (Å²) >= 11 is 5.69. The molecular weight excluding hydrogens is 226 g/mol. The predicted molar refractivity (Wildman–Crippen MR) is 63.7 cm³/mol. The Hall–Kier alpha value is -0.280. The Morgan fingerprint density at radius 2 is 2.25 bits per heavy atom. The Kier molecular flexibility index (Phi) is 3.19. The van der Waals surface area contributed by atoms with Gasteiger partial charge in [-0.2, -0.15) is 0 Å². The number of carbonyl (C=O) groups excluding carboxylic acids is 1. The van der Waals surface area contributed by atoms with Crippen LogP contribution in [0.1, 0.15) is 33.6 Å². The second-order valence-corrected chi connectivity index (χ2v) is 5.78. The van der Waals surface area contributed by atoms with Gasteiger partial charge in [-0.25, -0.2) is 0 Å². The number of carbonyl (C=O) groups is 1. The van der Waals surface area contributed by atoms with Gasteiger partial charge in [-0.05, 0) is 24.4 Å². The lowest BCUT2D eigenvalue weighted by molar-refractivity contribution is -0.141. The van der Waals surface area contributed by atoms with Gasteiger partial charge < -0.3 is 9.64 Å². The van der Waals surface area contributed by atoms with Crippen molar-refractivity contribution in [1.82, 2.24) is 4.90 Å². The summed E-state index contributed by atoms with van der Waals surface area (Å²) in [4.78, 5) is 13.3. The summed E-state index contributed by atoms with van der Waals surface area (Å²) in [7, 11) is 0. The van der Waals surface area contributed by atoms with E-state index in [0.717, 1.165) is 26.0 Å². The molecule has 2 fully saturated rings. The molecule has 1 heterocycles. The van der Waals surface area contributed by atoms with Crippen LogP contribution in [0.25, 0.3) is 0 Å². The third-order valence-electron chi connectivity index (χ3n) is 4.06. The standard InChI is InChI=1S/C12H20ClNO2/c1-4-6-14(11(13)15)9-8-5-7-16-10(8)12(9,2)3/h8-10H,4-7H2,1-3H3. The normalized spacial score (nSPS) is 35.4. The second-order valence-electron chi connectivity index (χ2n) is 5.46. The molecule has 1 saturated heterocycles. The Labute approximate surface area is 102 Å². The van der Waals surface area contributed by atoms with Gasteiger partial charge in [0, 0.05) is 30.5 Å². The number of hydrogen-bond acceptors (Lipinski definition) is 2. The van der Waals surface area contributed by atoms with E-state index in [1.807, 2.05) is 4.90 Å².